The third kappa shape index (κ3) is 2.67. The van der Waals surface area contributed by atoms with Crippen molar-refractivity contribution in [2.24, 2.45) is 5.41 Å². The maximum atomic E-state index is 12.0. The Morgan fingerprint density at radius 1 is 1.40 bits per heavy atom. The largest absolute Gasteiger partial charge is 0.279 e. The molecule has 1 aliphatic carbocycles. The molecular formula is C13H16Cl2N2O2S. The average molecular weight is 335 g/mol. The van der Waals surface area contributed by atoms with E-state index in [-0.39, 0.29) is 11.8 Å². The number of hydrogen-bond acceptors (Lipinski definition) is 3. The number of nitrogens with one attached hydrogen (secondary N) is 2. The number of thiophene rings is 1. The van der Waals surface area contributed by atoms with E-state index in [0.29, 0.717) is 11.3 Å². The number of carbonyl (C=O) groups is 2. The minimum Gasteiger partial charge on any atom is -0.273 e. The molecule has 7 heteroatoms. The highest BCUT2D eigenvalue weighted by Crippen LogP contribution is 2.63. The highest BCUT2D eigenvalue weighted by molar-refractivity contribution is 7.14. The molecule has 1 aliphatic rings. The molecule has 1 saturated carbocycles. The second-order valence-electron chi connectivity index (χ2n) is 5.19. The molecule has 0 spiro atoms. The van der Waals surface area contributed by atoms with E-state index in [0.717, 1.165) is 16.9 Å². The van der Waals surface area contributed by atoms with Crippen LogP contribution in [-0.4, -0.2) is 16.1 Å². The average Bonchev–Trinajstić information content (AvgIpc) is 2.72. The van der Waals surface area contributed by atoms with Gasteiger partial charge in [-0.15, -0.1) is 34.5 Å². The van der Waals surface area contributed by atoms with Crippen molar-refractivity contribution in [2.45, 2.75) is 37.9 Å². The molecule has 0 saturated heterocycles. The number of hydrogen-bond donors (Lipinski definition) is 2. The van der Waals surface area contributed by atoms with Gasteiger partial charge in [-0.2, -0.15) is 0 Å². The van der Waals surface area contributed by atoms with Gasteiger partial charge in [0.15, 0.2) is 0 Å². The summed E-state index contributed by atoms with van der Waals surface area (Å²) in [5.74, 6) is -0.704. The summed E-state index contributed by atoms with van der Waals surface area (Å²) in [6, 6.07) is 1.82. The smallest absolute Gasteiger partial charge is 0.273 e. The minimum atomic E-state index is -1.04. The minimum absolute atomic E-state index is 0.329. The van der Waals surface area contributed by atoms with Crippen molar-refractivity contribution in [1.29, 1.82) is 0 Å². The lowest BCUT2D eigenvalue weighted by molar-refractivity contribution is -0.126. The zero-order chi connectivity index (χ0) is 15.1. The predicted octanol–water partition coefficient (Wildman–Crippen LogP) is 2.96. The first-order chi connectivity index (χ1) is 9.21. The highest BCUT2D eigenvalue weighted by Gasteiger charge is 2.68. The number of amides is 2. The molecule has 110 valence electrons. The first kappa shape index (κ1) is 15.6. The molecule has 2 N–H and O–H groups in total. The number of hydrazine groups is 1. The van der Waals surface area contributed by atoms with Gasteiger partial charge in [0.05, 0.1) is 10.3 Å². The summed E-state index contributed by atoms with van der Waals surface area (Å²) in [6.07, 6.45) is 1.26. The van der Waals surface area contributed by atoms with Crippen molar-refractivity contribution in [3.63, 3.8) is 0 Å². The molecular weight excluding hydrogens is 319 g/mol. The number of rotatable bonds is 3. The number of halogens is 2. The molecule has 1 aromatic rings. The van der Waals surface area contributed by atoms with Crippen molar-refractivity contribution in [3.8, 4) is 0 Å². The van der Waals surface area contributed by atoms with Crippen LogP contribution in [0.15, 0.2) is 6.07 Å². The molecule has 0 radical (unpaired) electrons. The Labute approximate surface area is 131 Å². The second kappa shape index (κ2) is 5.20. The summed E-state index contributed by atoms with van der Waals surface area (Å²) < 4.78 is -1.04. The van der Waals surface area contributed by atoms with Crippen LogP contribution in [0.3, 0.4) is 0 Å². The number of alkyl halides is 2. The lowest BCUT2D eigenvalue weighted by Gasteiger charge is -2.12. The fourth-order valence-corrected chi connectivity index (χ4v) is 3.66. The zero-order valence-corrected chi connectivity index (χ0v) is 13.8. The van der Waals surface area contributed by atoms with Crippen LogP contribution in [0.2, 0.25) is 0 Å². The molecule has 1 unspecified atom stereocenters. The van der Waals surface area contributed by atoms with E-state index in [1.54, 1.807) is 6.92 Å². The Hall–Kier alpha value is -0.780. The molecule has 4 nitrogen and oxygen atoms in total. The summed E-state index contributed by atoms with van der Waals surface area (Å²) in [7, 11) is 0. The fourth-order valence-electron chi connectivity index (χ4n) is 1.94. The molecule has 1 aromatic heterocycles. The van der Waals surface area contributed by atoms with E-state index >= 15 is 0 Å². The van der Waals surface area contributed by atoms with E-state index in [2.05, 4.69) is 10.9 Å². The summed E-state index contributed by atoms with van der Waals surface area (Å²) in [5, 5.41) is 0. The molecule has 1 atom stereocenters. The van der Waals surface area contributed by atoms with E-state index in [1.807, 2.05) is 19.9 Å². The molecule has 2 rings (SSSR count). The zero-order valence-electron chi connectivity index (χ0n) is 11.5. The van der Waals surface area contributed by atoms with Crippen LogP contribution in [0.25, 0.3) is 0 Å². The monoisotopic (exact) mass is 334 g/mol. The van der Waals surface area contributed by atoms with Gasteiger partial charge in [0, 0.05) is 4.88 Å². The van der Waals surface area contributed by atoms with Crippen molar-refractivity contribution in [1.82, 2.24) is 10.9 Å². The Kier molecular flexibility index (Phi) is 4.06. The summed E-state index contributed by atoms with van der Waals surface area (Å²) in [6.45, 7) is 5.67. The molecule has 0 aromatic carbocycles. The molecule has 1 heterocycles. The topological polar surface area (TPSA) is 58.2 Å². The Bertz CT molecular complexity index is 571. The summed E-state index contributed by atoms with van der Waals surface area (Å²) >= 11 is 13.3. The highest BCUT2D eigenvalue weighted by atomic mass is 35.5. The number of carbonyl (C=O) groups excluding carboxylic acids is 2. The Balaban J connectivity index is 1.94. The van der Waals surface area contributed by atoms with Crippen LogP contribution in [0.1, 0.15) is 40.4 Å². The third-order valence-electron chi connectivity index (χ3n) is 3.61. The second-order valence-corrected chi connectivity index (χ2v) is 7.81. The van der Waals surface area contributed by atoms with E-state index < -0.39 is 9.75 Å². The quantitative estimate of drug-likeness (QED) is 0.659. The number of aryl methyl sites for hydroxylation is 2. The van der Waals surface area contributed by atoms with Gasteiger partial charge in [0.1, 0.15) is 4.33 Å². The Morgan fingerprint density at radius 3 is 2.45 bits per heavy atom. The molecule has 0 bridgehead atoms. The van der Waals surface area contributed by atoms with E-state index in [1.165, 1.54) is 11.3 Å². The van der Waals surface area contributed by atoms with Gasteiger partial charge >= 0.3 is 0 Å². The standard InChI is InChI=1S/C13H16Cl2N2O2S/c1-4-8-7(2)5-9(20-8)10(18)16-17-11(19)12(3)6-13(12,14)15/h5H,4,6H2,1-3H3,(H,16,18)(H,17,19). The van der Waals surface area contributed by atoms with Crippen LogP contribution >= 0.6 is 34.5 Å². The SMILES string of the molecule is CCc1sc(C(=O)NNC(=O)C2(C)CC2(Cl)Cl)cc1C. The maximum Gasteiger partial charge on any atom is 0.279 e. The van der Waals surface area contributed by atoms with Crippen LogP contribution in [0.5, 0.6) is 0 Å². The van der Waals surface area contributed by atoms with E-state index in [9.17, 15) is 9.59 Å². The summed E-state index contributed by atoms with van der Waals surface area (Å²) in [4.78, 5) is 25.6. The van der Waals surface area contributed by atoms with Gasteiger partial charge in [-0.3, -0.25) is 20.4 Å². The molecule has 2 amide bonds. The first-order valence-electron chi connectivity index (χ1n) is 6.29. The van der Waals surface area contributed by atoms with Gasteiger partial charge in [-0.05, 0) is 38.3 Å². The molecule has 0 aliphatic heterocycles. The molecule has 20 heavy (non-hydrogen) atoms. The van der Waals surface area contributed by atoms with Crippen molar-refractivity contribution < 1.29 is 9.59 Å². The lowest BCUT2D eigenvalue weighted by Crippen LogP contribution is -2.45. The van der Waals surface area contributed by atoms with Gasteiger partial charge < -0.3 is 0 Å². The first-order valence-corrected chi connectivity index (χ1v) is 7.86. The van der Waals surface area contributed by atoms with Gasteiger partial charge in [-0.25, -0.2) is 0 Å². The maximum absolute atomic E-state index is 12.0. The van der Waals surface area contributed by atoms with Crippen LogP contribution in [0, 0.1) is 12.3 Å². The fraction of sp³-hybridized carbons (Fsp3) is 0.538. The van der Waals surface area contributed by atoms with Crippen LogP contribution in [-0.2, 0) is 11.2 Å². The van der Waals surface area contributed by atoms with Gasteiger partial charge in [0.2, 0.25) is 5.91 Å². The predicted molar refractivity (Wildman–Crippen MR) is 81.2 cm³/mol. The molecule has 1 fully saturated rings. The normalized spacial score (nSPS) is 23.2. The van der Waals surface area contributed by atoms with Crippen LogP contribution < -0.4 is 10.9 Å². The van der Waals surface area contributed by atoms with E-state index in [4.69, 9.17) is 23.2 Å². The van der Waals surface area contributed by atoms with Crippen molar-refractivity contribution in [2.75, 3.05) is 0 Å². The van der Waals surface area contributed by atoms with Crippen LogP contribution in [0.4, 0.5) is 0 Å². The third-order valence-corrected chi connectivity index (χ3v) is 6.10. The van der Waals surface area contributed by atoms with Gasteiger partial charge in [-0.1, -0.05) is 6.92 Å². The summed E-state index contributed by atoms with van der Waals surface area (Å²) in [5.41, 5.74) is 5.03. The Morgan fingerprint density at radius 2 is 2.00 bits per heavy atom. The lowest BCUT2D eigenvalue weighted by atomic mass is 10.1. The van der Waals surface area contributed by atoms with Crippen molar-refractivity contribution >= 4 is 46.4 Å². The van der Waals surface area contributed by atoms with Crippen molar-refractivity contribution in [3.05, 3.63) is 21.4 Å². The van der Waals surface area contributed by atoms with Gasteiger partial charge in [0.25, 0.3) is 5.91 Å².